The number of nitriles is 1. The molecule has 20 heavy (non-hydrogen) atoms. The molecule has 0 saturated heterocycles. The predicted octanol–water partition coefficient (Wildman–Crippen LogP) is 2.69. The lowest BCUT2D eigenvalue weighted by atomic mass is 10.1. The zero-order valence-corrected chi connectivity index (χ0v) is 12.7. The molecule has 0 spiro atoms. The third kappa shape index (κ3) is 3.99. The fraction of sp³-hybridized carbons (Fsp3) is 0.500. The van der Waals surface area contributed by atoms with Gasteiger partial charge in [-0.3, -0.25) is 4.79 Å². The van der Waals surface area contributed by atoms with E-state index in [1.807, 2.05) is 31.0 Å². The number of carbonyl (C=O) groups excluding carboxylic acids is 1. The fourth-order valence-corrected chi connectivity index (χ4v) is 2.01. The van der Waals surface area contributed by atoms with Crippen LogP contribution in [0.4, 0.5) is 5.69 Å². The molecule has 1 rings (SSSR count). The topological polar surface area (TPSA) is 56.1 Å². The number of rotatable bonds is 6. The number of likely N-dealkylation sites (N-methyl/N-ethyl adjacent to an activating group) is 1. The van der Waals surface area contributed by atoms with Crippen molar-refractivity contribution in [2.75, 3.05) is 11.9 Å². The van der Waals surface area contributed by atoms with Crippen LogP contribution in [0, 0.1) is 11.3 Å². The highest BCUT2D eigenvalue weighted by Gasteiger charge is 2.20. The van der Waals surface area contributed by atoms with E-state index in [0.717, 1.165) is 18.5 Å². The Morgan fingerprint density at radius 2 is 2.05 bits per heavy atom. The molecule has 4 nitrogen and oxygen atoms in total. The number of anilines is 1. The van der Waals surface area contributed by atoms with Gasteiger partial charge in [-0.15, -0.1) is 0 Å². The molecule has 0 aliphatic rings. The number of carbonyl (C=O) groups is 1. The Hall–Kier alpha value is -2.02. The first kappa shape index (κ1) is 16.0. The zero-order valence-electron chi connectivity index (χ0n) is 12.7. The number of hydrogen-bond acceptors (Lipinski definition) is 3. The number of nitrogens with zero attached hydrogens (tertiary/aromatic N) is 2. The smallest absolute Gasteiger partial charge is 0.242 e. The molecule has 0 bridgehead atoms. The molecule has 0 fully saturated rings. The van der Waals surface area contributed by atoms with Gasteiger partial charge in [0.1, 0.15) is 6.04 Å². The van der Waals surface area contributed by atoms with Gasteiger partial charge in [-0.25, -0.2) is 0 Å². The van der Waals surface area contributed by atoms with E-state index >= 15 is 0 Å². The van der Waals surface area contributed by atoms with Gasteiger partial charge in [0.25, 0.3) is 0 Å². The number of benzene rings is 1. The van der Waals surface area contributed by atoms with Gasteiger partial charge >= 0.3 is 0 Å². The number of nitrogens with one attached hydrogen (secondary N) is 1. The van der Waals surface area contributed by atoms with Crippen LogP contribution in [0.5, 0.6) is 0 Å². The lowest BCUT2D eigenvalue weighted by Crippen LogP contribution is -2.46. The maximum absolute atomic E-state index is 12.2. The van der Waals surface area contributed by atoms with E-state index in [0.29, 0.717) is 5.56 Å². The third-order valence-electron chi connectivity index (χ3n) is 3.67. The van der Waals surface area contributed by atoms with Crippen molar-refractivity contribution in [3.63, 3.8) is 0 Å². The van der Waals surface area contributed by atoms with Gasteiger partial charge in [0, 0.05) is 18.8 Å². The van der Waals surface area contributed by atoms with Gasteiger partial charge in [-0.2, -0.15) is 5.26 Å². The van der Waals surface area contributed by atoms with E-state index in [4.69, 9.17) is 5.26 Å². The lowest BCUT2D eigenvalue weighted by molar-refractivity contribution is -0.122. The highest BCUT2D eigenvalue weighted by atomic mass is 16.2. The lowest BCUT2D eigenvalue weighted by Gasteiger charge is -2.28. The highest BCUT2D eigenvalue weighted by Crippen LogP contribution is 2.17. The van der Waals surface area contributed by atoms with Gasteiger partial charge in [0.15, 0.2) is 0 Å². The van der Waals surface area contributed by atoms with E-state index in [9.17, 15) is 4.79 Å². The second-order valence-corrected chi connectivity index (χ2v) is 4.97. The van der Waals surface area contributed by atoms with Gasteiger partial charge in [-0.05, 0) is 38.0 Å². The maximum Gasteiger partial charge on any atom is 0.242 e. The van der Waals surface area contributed by atoms with Crippen LogP contribution in [-0.4, -0.2) is 25.0 Å². The van der Waals surface area contributed by atoms with Crippen LogP contribution >= 0.6 is 0 Å². The monoisotopic (exact) mass is 273 g/mol. The van der Waals surface area contributed by atoms with Crippen LogP contribution in [0.3, 0.4) is 0 Å². The van der Waals surface area contributed by atoms with Crippen LogP contribution in [0.15, 0.2) is 24.3 Å². The van der Waals surface area contributed by atoms with Crippen LogP contribution in [-0.2, 0) is 4.79 Å². The average Bonchev–Trinajstić information content (AvgIpc) is 2.50. The summed E-state index contributed by atoms with van der Waals surface area (Å²) in [5.41, 5.74) is 1.47. The average molecular weight is 273 g/mol. The van der Waals surface area contributed by atoms with Crippen molar-refractivity contribution in [2.24, 2.45) is 0 Å². The van der Waals surface area contributed by atoms with Crippen LogP contribution in [0.2, 0.25) is 0 Å². The molecule has 0 heterocycles. The van der Waals surface area contributed by atoms with Crippen LogP contribution in [0.25, 0.3) is 0 Å². The Balaban J connectivity index is 2.77. The first-order valence-corrected chi connectivity index (χ1v) is 7.06. The van der Waals surface area contributed by atoms with Gasteiger partial charge in [-0.1, -0.05) is 19.9 Å². The van der Waals surface area contributed by atoms with Crippen molar-refractivity contribution in [2.45, 2.75) is 45.7 Å². The van der Waals surface area contributed by atoms with Gasteiger partial charge in [0.2, 0.25) is 5.91 Å². The molecular formula is C16H23N3O. The minimum atomic E-state index is -0.274. The van der Waals surface area contributed by atoms with Crippen LogP contribution in [0.1, 0.15) is 39.2 Å². The number of hydrogen-bond donors (Lipinski definition) is 1. The predicted molar refractivity (Wildman–Crippen MR) is 81.5 cm³/mol. The van der Waals surface area contributed by atoms with Crippen molar-refractivity contribution < 1.29 is 4.79 Å². The number of amides is 1. The highest BCUT2D eigenvalue weighted by molar-refractivity contribution is 5.85. The molecule has 1 aromatic rings. The van der Waals surface area contributed by atoms with Crippen molar-refractivity contribution >= 4 is 11.6 Å². The second-order valence-electron chi connectivity index (χ2n) is 4.97. The Kier molecular flexibility index (Phi) is 6.05. The molecule has 1 atom stereocenters. The fourth-order valence-electron chi connectivity index (χ4n) is 2.01. The molecule has 1 amide bonds. The largest absolute Gasteiger partial charge is 0.363 e. The quantitative estimate of drug-likeness (QED) is 0.867. The van der Waals surface area contributed by atoms with Crippen molar-refractivity contribution in [3.8, 4) is 6.07 Å². The Morgan fingerprint density at radius 3 is 2.60 bits per heavy atom. The van der Waals surface area contributed by atoms with Crippen molar-refractivity contribution in [3.05, 3.63) is 29.8 Å². The normalized spacial score (nSPS) is 11.8. The first-order valence-electron chi connectivity index (χ1n) is 7.06. The Morgan fingerprint density at radius 1 is 1.40 bits per heavy atom. The summed E-state index contributed by atoms with van der Waals surface area (Å²) >= 11 is 0. The van der Waals surface area contributed by atoms with Gasteiger partial charge in [0.05, 0.1) is 11.6 Å². The molecule has 1 N–H and O–H groups in total. The summed E-state index contributed by atoms with van der Waals surface area (Å²) in [6.45, 7) is 6.01. The van der Waals surface area contributed by atoms with Crippen molar-refractivity contribution in [1.29, 1.82) is 5.26 Å². The van der Waals surface area contributed by atoms with E-state index in [1.54, 1.807) is 12.1 Å². The Labute approximate surface area is 121 Å². The molecule has 108 valence electrons. The zero-order chi connectivity index (χ0) is 15.1. The molecule has 1 unspecified atom stereocenters. The summed E-state index contributed by atoms with van der Waals surface area (Å²) < 4.78 is 0. The van der Waals surface area contributed by atoms with E-state index in [2.05, 4.69) is 25.2 Å². The molecule has 0 radical (unpaired) electrons. The van der Waals surface area contributed by atoms with E-state index in [-0.39, 0.29) is 18.0 Å². The molecule has 0 aliphatic carbocycles. The summed E-state index contributed by atoms with van der Waals surface area (Å²) in [5.74, 6) is 0.0172. The molecular weight excluding hydrogens is 250 g/mol. The first-order chi connectivity index (χ1) is 9.53. The molecule has 0 saturated carbocycles. The SMILES string of the molecule is CCC(CC)NC(=O)C(C)N(C)c1cccc(C#N)c1. The van der Waals surface area contributed by atoms with Gasteiger partial charge < -0.3 is 10.2 Å². The van der Waals surface area contributed by atoms with Crippen LogP contribution < -0.4 is 10.2 Å². The maximum atomic E-state index is 12.2. The van der Waals surface area contributed by atoms with E-state index < -0.39 is 0 Å². The Bertz CT molecular complexity index is 489. The molecule has 4 heteroatoms. The summed E-state index contributed by atoms with van der Waals surface area (Å²) in [6.07, 6.45) is 1.87. The molecule has 1 aromatic carbocycles. The minimum absolute atomic E-state index is 0.0172. The summed E-state index contributed by atoms with van der Waals surface area (Å²) in [6, 6.07) is 9.35. The molecule has 0 aromatic heterocycles. The summed E-state index contributed by atoms with van der Waals surface area (Å²) in [4.78, 5) is 14.1. The van der Waals surface area contributed by atoms with Crippen molar-refractivity contribution in [1.82, 2.24) is 5.32 Å². The summed E-state index contributed by atoms with van der Waals surface area (Å²) in [7, 11) is 1.87. The second kappa shape index (κ2) is 7.54. The molecule has 0 aliphatic heterocycles. The third-order valence-corrected chi connectivity index (χ3v) is 3.67. The summed E-state index contributed by atoms with van der Waals surface area (Å²) in [5, 5.41) is 12.0. The standard InChI is InChI=1S/C16H23N3O/c1-5-14(6-2)18-16(20)12(3)19(4)15-9-7-8-13(10-15)11-17/h7-10,12,14H,5-6H2,1-4H3,(H,18,20). The minimum Gasteiger partial charge on any atom is -0.363 e. The van der Waals surface area contributed by atoms with E-state index in [1.165, 1.54) is 0 Å².